The molecule has 148 valence electrons. The second-order valence-electron chi connectivity index (χ2n) is 5.61. The van der Waals surface area contributed by atoms with Crippen molar-refractivity contribution in [1.82, 2.24) is 0 Å². The smallest absolute Gasteiger partial charge is 0.284 e. The summed E-state index contributed by atoms with van der Waals surface area (Å²) in [5.74, 6) is -0.300. The largest absolute Gasteiger partial charge is 0.287 e. The standard InChI is InChI=1S/C19H10Br4N2O3S/c20-13-15(22)18(26)16(23)14(21)17(13)24-19(11-7-3-1-4-8-11)25-29(27,28)12-9-5-2-6-10-12/h1-10H/b25-19+. The van der Waals surface area contributed by atoms with E-state index in [9.17, 15) is 13.2 Å². The van der Waals surface area contributed by atoms with Crippen LogP contribution in [0.3, 0.4) is 0 Å². The average Bonchev–Trinajstić information content (AvgIpc) is 2.74. The Kier molecular flexibility index (Phi) is 7.21. The van der Waals surface area contributed by atoms with Crippen LogP contribution in [-0.2, 0) is 14.8 Å². The van der Waals surface area contributed by atoms with Crippen LogP contribution < -0.4 is 0 Å². The molecule has 0 spiro atoms. The summed E-state index contributed by atoms with van der Waals surface area (Å²) in [4.78, 5) is 16.7. The van der Waals surface area contributed by atoms with Crippen LogP contribution in [0.4, 0.5) is 0 Å². The average molecular weight is 666 g/mol. The molecule has 0 aromatic heterocycles. The number of hydrogen-bond donors (Lipinski definition) is 0. The molecule has 0 unspecified atom stereocenters. The lowest BCUT2D eigenvalue weighted by molar-refractivity contribution is -0.110. The highest BCUT2D eigenvalue weighted by atomic mass is 79.9. The Hall–Kier alpha value is -1.20. The highest BCUT2D eigenvalue weighted by Crippen LogP contribution is 2.37. The Labute approximate surface area is 201 Å². The van der Waals surface area contributed by atoms with Crippen molar-refractivity contribution in [3.8, 4) is 0 Å². The predicted molar refractivity (Wildman–Crippen MR) is 129 cm³/mol. The van der Waals surface area contributed by atoms with Gasteiger partial charge in [0.1, 0.15) is 0 Å². The maximum atomic E-state index is 12.8. The van der Waals surface area contributed by atoms with Crippen molar-refractivity contribution in [3.05, 3.63) is 84.2 Å². The zero-order valence-electron chi connectivity index (χ0n) is 14.3. The van der Waals surface area contributed by atoms with Crippen molar-refractivity contribution < 1.29 is 13.2 Å². The normalized spacial score (nSPS) is 15.8. The number of allylic oxidation sites excluding steroid dienone is 4. The molecule has 0 amide bonds. The summed E-state index contributed by atoms with van der Waals surface area (Å²) >= 11 is 13.2. The fourth-order valence-electron chi connectivity index (χ4n) is 2.29. The van der Waals surface area contributed by atoms with Gasteiger partial charge in [-0.3, -0.25) is 4.79 Å². The van der Waals surface area contributed by atoms with Crippen LogP contribution in [0.25, 0.3) is 0 Å². The lowest BCUT2D eigenvalue weighted by atomic mass is 10.1. The molecule has 0 saturated heterocycles. The van der Waals surface area contributed by atoms with Crippen LogP contribution in [0.1, 0.15) is 5.56 Å². The third kappa shape index (κ3) is 4.93. The maximum absolute atomic E-state index is 12.8. The molecule has 0 heterocycles. The van der Waals surface area contributed by atoms with Crippen LogP contribution in [0.2, 0.25) is 0 Å². The number of amidine groups is 1. The van der Waals surface area contributed by atoms with Crippen LogP contribution in [-0.4, -0.2) is 25.7 Å². The Balaban J connectivity index is 2.24. The van der Waals surface area contributed by atoms with E-state index in [0.717, 1.165) is 0 Å². The van der Waals surface area contributed by atoms with E-state index in [1.807, 2.05) is 0 Å². The zero-order chi connectivity index (χ0) is 21.2. The highest BCUT2D eigenvalue weighted by Gasteiger charge is 2.29. The van der Waals surface area contributed by atoms with E-state index in [1.54, 1.807) is 48.5 Å². The second kappa shape index (κ2) is 9.30. The molecule has 0 aliphatic heterocycles. The number of sulfonamides is 1. The van der Waals surface area contributed by atoms with Gasteiger partial charge in [0.05, 0.1) is 28.5 Å². The first-order chi connectivity index (χ1) is 13.7. The number of hydrogen-bond acceptors (Lipinski definition) is 3. The summed E-state index contributed by atoms with van der Waals surface area (Å²) in [6.07, 6.45) is 0. The summed E-state index contributed by atoms with van der Waals surface area (Å²) < 4.78 is 30.9. The molecule has 3 rings (SSSR count). The molecule has 0 N–H and O–H groups in total. The lowest BCUT2D eigenvalue weighted by Gasteiger charge is -2.15. The predicted octanol–water partition coefficient (Wildman–Crippen LogP) is 5.85. The van der Waals surface area contributed by atoms with Crippen LogP contribution >= 0.6 is 63.7 Å². The van der Waals surface area contributed by atoms with Crippen molar-refractivity contribution in [3.63, 3.8) is 0 Å². The van der Waals surface area contributed by atoms with Gasteiger partial charge in [-0.25, -0.2) is 4.99 Å². The van der Waals surface area contributed by atoms with Crippen LogP contribution in [0.5, 0.6) is 0 Å². The molecule has 29 heavy (non-hydrogen) atoms. The van der Waals surface area contributed by atoms with E-state index >= 15 is 0 Å². The van der Waals surface area contributed by atoms with Gasteiger partial charge < -0.3 is 0 Å². The molecule has 0 saturated carbocycles. The van der Waals surface area contributed by atoms with E-state index in [0.29, 0.717) is 20.2 Å². The number of aliphatic imine (C=N–C) groups is 1. The molecular weight excluding hydrogens is 656 g/mol. The van der Waals surface area contributed by atoms with E-state index in [-0.39, 0.29) is 25.5 Å². The summed E-state index contributed by atoms with van der Waals surface area (Å²) in [6.45, 7) is 0. The van der Waals surface area contributed by atoms with Crippen molar-refractivity contribution in [2.75, 3.05) is 0 Å². The molecule has 1 aliphatic carbocycles. The third-order valence-electron chi connectivity index (χ3n) is 3.70. The number of Topliss-reactive ketones (excluding diaryl/α,β-unsaturated/α-hetero) is 1. The third-order valence-corrected chi connectivity index (χ3v) is 9.10. The molecule has 0 radical (unpaired) electrons. The van der Waals surface area contributed by atoms with Crippen molar-refractivity contribution in [1.29, 1.82) is 0 Å². The van der Waals surface area contributed by atoms with E-state index in [4.69, 9.17) is 0 Å². The van der Waals surface area contributed by atoms with Gasteiger partial charge in [-0.2, -0.15) is 8.42 Å². The van der Waals surface area contributed by atoms with Gasteiger partial charge in [0.25, 0.3) is 10.0 Å². The summed E-state index contributed by atoms with van der Waals surface area (Å²) in [5, 5.41) is 0. The van der Waals surface area contributed by atoms with Crippen LogP contribution in [0.15, 0.2) is 92.9 Å². The Morgan fingerprint density at radius 1 is 0.724 bits per heavy atom. The summed E-state index contributed by atoms with van der Waals surface area (Å²) in [7, 11) is -4.00. The molecule has 0 fully saturated rings. The minimum absolute atomic E-state index is 0.0201. The molecule has 0 atom stereocenters. The molecule has 2 aromatic carbocycles. The molecule has 10 heteroatoms. The molecule has 2 aromatic rings. The van der Waals surface area contributed by atoms with Crippen molar-refractivity contribution in [2.24, 2.45) is 9.39 Å². The minimum atomic E-state index is -4.00. The van der Waals surface area contributed by atoms with E-state index in [1.165, 1.54) is 12.1 Å². The fraction of sp³-hybridized carbons (Fsp3) is 0. The second-order valence-corrected chi connectivity index (χ2v) is 10.4. The van der Waals surface area contributed by atoms with Gasteiger partial charge in [-0.15, -0.1) is 4.40 Å². The Morgan fingerprint density at radius 2 is 1.21 bits per heavy atom. The maximum Gasteiger partial charge on any atom is 0.284 e. The first-order valence-corrected chi connectivity index (χ1v) is 12.5. The number of nitrogens with zero attached hydrogens (tertiary/aromatic N) is 2. The number of carbonyl (C=O) groups excluding carboxylic acids is 1. The number of rotatable bonds is 3. The number of benzene rings is 2. The summed E-state index contributed by atoms with van der Waals surface area (Å²) in [6, 6.07) is 16.6. The Bertz CT molecular complexity index is 1170. The monoisotopic (exact) mass is 662 g/mol. The van der Waals surface area contributed by atoms with E-state index in [2.05, 4.69) is 73.1 Å². The number of ketones is 1. The topological polar surface area (TPSA) is 75.9 Å². The van der Waals surface area contributed by atoms with Gasteiger partial charge in [0, 0.05) is 5.56 Å². The van der Waals surface area contributed by atoms with Gasteiger partial charge in [0.2, 0.25) is 5.78 Å². The van der Waals surface area contributed by atoms with Gasteiger partial charge >= 0.3 is 0 Å². The highest BCUT2D eigenvalue weighted by molar-refractivity contribution is 9.16. The zero-order valence-corrected chi connectivity index (χ0v) is 21.5. The SMILES string of the molecule is O=C1C(Br)=C(Br)C(=N/C(=N/S(=O)(=O)c2ccccc2)c2ccccc2)C(Br)=C1Br. The molecular formula is C19H10Br4N2O3S. The summed E-state index contributed by atoms with van der Waals surface area (Å²) in [5.41, 5.74) is 0.818. The first-order valence-electron chi connectivity index (χ1n) is 7.92. The van der Waals surface area contributed by atoms with Crippen molar-refractivity contribution >= 4 is 91.1 Å². The van der Waals surface area contributed by atoms with Gasteiger partial charge in [0.15, 0.2) is 5.84 Å². The van der Waals surface area contributed by atoms with Gasteiger partial charge in [-0.05, 0) is 75.9 Å². The van der Waals surface area contributed by atoms with Crippen molar-refractivity contribution in [2.45, 2.75) is 4.90 Å². The van der Waals surface area contributed by atoms with E-state index < -0.39 is 10.0 Å². The molecule has 5 nitrogen and oxygen atoms in total. The molecule has 1 aliphatic rings. The van der Waals surface area contributed by atoms with Crippen LogP contribution in [0, 0.1) is 0 Å². The minimum Gasteiger partial charge on any atom is -0.287 e. The first kappa shape index (κ1) is 22.5. The van der Waals surface area contributed by atoms with Gasteiger partial charge in [-0.1, -0.05) is 48.5 Å². The number of halogens is 4. The molecule has 0 bridgehead atoms. The quantitative estimate of drug-likeness (QED) is 0.235. The Morgan fingerprint density at radius 3 is 1.72 bits per heavy atom. The lowest BCUT2D eigenvalue weighted by Crippen LogP contribution is -2.17. The fourth-order valence-corrected chi connectivity index (χ4v) is 5.51. The number of carbonyl (C=O) groups is 1.